The highest BCUT2D eigenvalue weighted by molar-refractivity contribution is 8.00. The Morgan fingerprint density at radius 3 is 2.74 bits per heavy atom. The standard InChI is InChI=1S/C13H14N2O3S/c1-8(16)9(2)19-12-6-5-11(15(17)18)10-4-3-7-14-13(10)12/h3-9,16H,1-2H3. The van der Waals surface area contributed by atoms with Crippen LogP contribution < -0.4 is 0 Å². The number of hydrogen-bond acceptors (Lipinski definition) is 5. The third kappa shape index (κ3) is 2.85. The minimum atomic E-state index is -0.459. The second kappa shape index (κ2) is 5.54. The van der Waals surface area contributed by atoms with E-state index < -0.39 is 11.0 Å². The van der Waals surface area contributed by atoms with Crippen LogP contribution in [0.5, 0.6) is 0 Å². The van der Waals surface area contributed by atoms with E-state index in [9.17, 15) is 15.2 Å². The van der Waals surface area contributed by atoms with Crippen LogP contribution in [-0.2, 0) is 0 Å². The Kier molecular flexibility index (Phi) is 4.01. The molecule has 2 aromatic rings. The zero-order valence-electron chi connectivity index (χ0n) is 10.6. The molecule has 0 spiro atoms. The highest BCUT2D eigenvalue weighted by Crippen LogP contribution is 2.34. The Labute approximate surface area is 114 Å². The molecule has 0 fully saturated rings. The lowest BCUT2D eigenvalue weighted by Crippen LogP contribution is -2.14. The van der Waals surface area contributed by atoms with Gasteiger partial charge in [0.25, 0.3) is 5.69 Å². The first-order valence-corrected chi connectivity index (χ1v) is 6.75. The van der Waals surface area contributed by atoms with Crippen molar-refractivity contribution in [1.82, 2.24) is 4.98 Å². The van der Waals surface area contributed by atoms with Crippen LogP contribution in [0.15, 0.2) is 35.4 Å². The van der Waals surface area contributed by atoms with Crippen molar-refractivity contribution in [2.24, 2.45) is 0 Å². The zero-order valence-corrected chi connectivity index (χ0v) is 11.4. The maximum absolute atomic E-state index is 11.0. The molecular weight excluding hydrogens is 264 g/mol. The molecule has 2 atom stereocenters. The first-order valence-electron chi connectivity index (χ1n) is 5.87. The quantitative estimate of drug-likeness (QED) is 0.528. The third-order valence-electron chi connectivity index (χ3n) is 2.90. The van der Waals surface area contributed by atoms with Gasteiger partial charge in [0, 0.05) is 22.4 Å². The number of hydrogen-bond donors (Lipinski definition) is 1. The topological polar surface area (TPSA) is 76.3 Å². The minimum Gasteiger partial charge on any atom is -0.392 e. The normalized spacial score (nSPS) is 14.3. The van der Waals surface area contributed by atoms with Crippen molar-refractivity contribution < 1.29 is 10.0 Å². The number of aromatic nitrogens is 1. The first kappa shape index (κ1) is 13.8. The van der Waals surface area contributed by atoms with Crippen LogP contribution in [0.4, 0.5) is 5.69 Å². The number of rotatable bonds is 4. The van der Waals surface area contributed by atoms with E-state index in [0.717, 1.165) is 4.90 Å². The van der Waals surface area contributed by atoms with Crippen LogP contribution in [0.25, 0.3) is 10.9 Å². The van der Waals surface area contributed by atoms with E-state index in [1.165, 1.54) is 17.8 Å². The van der Waals surface area contributed by atoms with Gasteiger partial charge in [0.05, 0.1) is 21.9 Å². The van der Waals surface area contributed by atoms with E-state index in [1.54, 1.807) is 31.3 Å². The first-order chi connectivity index (χ1) is 9.00. The van der Waals surface area contributed by atoms with Crippen LogP contribution in [0, 0.1) is 10.1 Å². The summed E-state index contributed by atoms with van der Waals surface area (Å²) in [6.07, 6.45) is 1.15. The molecule has 1 heterocycles. The molecule has 0 bridgehead atoms. The number of aliphatic hydroxyl groups excluding tert-OH is 1. The molecule has 1 aromatic heterocycles. The fourth-order valence-electron chi connectivity index (χ4n) is 1.68. The summed E-state index contributed by atoms with van der Waals surface area (Å²) in [4.78, 5) is 15.7. The van der Waals surface area contributed by atoms with E-state index in [-0.39, 0.29) is 10.9 Å². The van der Waals surface area contributed by atoms with Gasteiger partial charge in [-0.05, 0) is 25.1 Å². The predicted octanol–water partition coefficient (Wildman–Crippen LogP) is 3.00. The van der Waals surface area contributed by atoms with Crippen molar-refractivity contribution in [1.29, 1.82) is 0 Å². The largest absolute Gasteiger partial charge is 0.392 e. The minimum absolute atomic E-state index is 0.00772. The average molecular weight is 278 g/mol. The van der Waals surface area contributed by atoms with Crippen LogP contribution in [0.1, 0.15) is 13.8 Å². The maximum Gasteiger partial charge on any atom is 0.278 e. The van der Waals surface area contributed by atoms with Crippen molar-refractivity contribution in [2.45, 2.75) is 30.1 Å². The van der Waals surface area contributed by atoms with E-state index in [0.29, 0.717) is 10.9 Å². The lowest BCUT2D eigenvalue weighted by molar-refractivity contribution is -0.383. The molecule has 19 heavy (non-hydrogen) atoms. The van der Waals surface area contributed by atoms with E-state index in [4.69, 9.17) is 0 Å². The SMILES string of the molecule is CC(O)C(C)Sc1ccc([N+](=O)[O-])c2cccnc12. The zero-order chi connectivity index (χ0) is 14.0. The molecule has 0 radical (unpaired) electrons. The summed E-state index contributed by atoms with van der Waals surface area (Å²) in [7, 11) is 0. The maximum atomic E-state index is 11.0. The van der Waals surface area contributed by atoms with Crippen LogP contribution in [0.2, 0.25) is 0 Å². The van der Waals surface area contributed by atoms with E-state index in [1.807, 2.05) is 6.92 Å². The van der Waals surface area contributed by atoms with Crippen LogP contribution in [-0.4, -0.2) is 26.4 Å². The molecule has 2 unspecified atom stereocenters. The molecule has 0 amide bonds. The van der Waals surface area contributed by atoms with Crippen molar-refractivity contribution in [3.05, 3.63) is 40.6 Å². The summed E-state index contributed by atoms with van der Waals surface area (Å²) in [5.74, 6) is 0. The monoisotopic (exact) mass is 278 g/mol. The number of nitrogens with zero attached hydrogens (tertiary/aromatic N) is 2. The highest BCUT2D eigenvalue weighted by atomic mass is 32.2. The van der Waals surface area contributed by atoms with Gasteiger partial charge in [-0.2, -0.15) is 0 Å². The Hall–Kier alpha value is -1.66. The second-order valence-electron chi connectivity index (χ2n) is 4.30. The Balaban J connectivity index is 2.53. The average Bonchev–Trinajstić information content (AvgIpc) is 2.38. The molecule has 1 aromatic carbocycles. The summed E-state index contributed by atoms with van der Waals surface area (Å²) >= 11 is 1.47. The van der Waals surface area contributed by atoms with Gasteiger partial charge in [-0.1, -0.05) is 6.92 Å². The van der Waals surface area contributed by atoms with Crippen molar-refractivity contribution in [2.75, 3.05) is 0 Å². The number of benzene rings is 1. The van der Waals surface area contributed by atoms with Crippen molar-refractivity contribution >= 4 is 28.4 Å². The second-order valence-corrected chi connectivity index (χ2v) is 5.72. The predicted molar refractivity (Wildman–Crippen MR) is 75.4 cm³/mol. The summed E-state index contributed by atoms with van der Waals surface area (Å²) in [5, 5.41) is 21.1. The van der Waals surface area contributed by atoms with Gasteiger partial charge in [0.2, 0.25) is 0 Å². The Bertz CT molecular complexity index is 616. The fraction of sp³-hybridized carbons (Fsp3) is 0.308. The number of nitro benzene ring substituents is 1. The lowest BCUT2D eigenvalue weighted by atomic mass is 10.2. The lowest BCUT2D eigenvalue weighted by Gasteiger charge is -2.14. The fourth-order valence-corrected chi connectivity index (χ4v) is 2.70. The Morgan fingerprint density at radius 2 is 2.11 bits per heavy atom. The Morgan fingerprint density at radius 1 is 1.37 bits per heavy atom. The molecule has 0 aliphatic heterocycles. The molecule has 6 heteroatoms. The number of pyridine rings is 1. The van der Waals surface area contributed by atoms with Crippen LogP contribution >= 0.6 is 11.8 Å². The molecule has 5 nitrogen and oxygen atoms in total. The van der Waals surface area contributed by atoms with Gasteiger partial charge in [-0.3, -0.25) is 15.1 Å². The third-order valence-corrected chi connectivity index (χ3v) is 4.25. The highest BCUT2D eigenvalue weighted by Gasteiger charge is 2.18. The molecule has 0 saturated heterocycles. The molecular formula is C13H14N2O3S. The summed E-state index contributed by atoms with van der Waals surface area (Å²) in [5.41, 5.74) is 0.659. The van der Waals surface area contributed by atoms with E-state index in [2.05, 4.69) is 4.98 Å². The van der Waals surface area contributed by atoms with Gasteiger partial charge in [-0.25, -0.2) is 0 Å². The van der Waals surface area contributed by atoms with Gasteiger partial charge in [0.15, 0.2) is 0 Å². The summed E-state index contributed by atoms with van der Waals surface area (Å²) in [6.45, 7) is 3.63. The number of thioether (sulfide) groups is 1. The summed E-state index contributed by atoms with van der Waals surface area (Å²) in [6, 6.07) is 6.55. The van der Waals surface area contributed by atoms with Gasteiger partial charge >= 0.3 is 0 Å². The molecule has 0 aliphatic carbocycles. The van der Waals surface area contributed by atoms with Gasteiger partial charge < -0.3 is 5.11 Å². The van der Waals surface area contributed by atoms with Gasteiger partial charge in [-0.15, -0.1) is 11.8 Å². The van der Waals surface area contributed by atoms with Crippen molar-refractivity contribution in [3.63, 3.8) is 0 Å². The van der Waals surface area contributed by atoms with Gasteiger partial charge in [0.1, 0.15) is 0 Å². The van der Waals surface area contributed by atoms with E-state index >= 15 is 0 Å². The molecule has 0 aliphatic rings. The number of aliphatic hydroxyl groups is 1. The smallest absolute Gasteiger partial charge is 0.278 e. The number of fused-ring (bicyclic) bond motifs is 1. The number of nitro groups is 1. The van der Waals surface area contributed by atoms with Crippen LogP contribution in [0.3, 0.4) is 0 Å². The molecule has 100 valence electrons. The van der Waals surface area contributed by atoms with Crippen molar-refractivity contribution in [3.8, 4) is 0 Å². The molecule has 0 saturated carbocycles. The molecule has 2 rings (SSSR count). The number of non-ortho nitro benzene ring substituents is 1. The summed E-state index contributed by atoms with van der Waals surface area (Å²) < 4.78 is 0. The molecule has 1 N–H and O–H groups in total.